The van der Waals surface area contributed by atoms with Crippen LogP contribution in [0.3, 0.4) is 0 Å². The molecule has 0 radical (unpaired) electrons. The number of nitrogens with zero attached hydrogens (tertiary/aromatic N) is 6. The highest BCUT2D eigenvalue weighted by molar-refractivity contribution is 6.01. The summed E-state index contributed by atoms with van der Waals surface area (Å²) in [5.74, 6) is -0.321. The summed E-state index contributed by atoms with van der Waals surface area (Å²) in [7, 11) is 1.76. The Morgan fingerprint density at radius 3 is 2.23 bits per heavy atom. The van der Waals surface area contributed by atoms with Crippen LogP contribution in [0.4, 0.5) is 22.7 Å². The van der Waals surface area contributed by atoms with Gasteiger partial charge in [0, 0.05) is 88.2 Å². The normalized spacial score (nSPS) is 18.1. The SMILES string of the molecule is CN(C(=O)CN1CCN(c2ccc([C@H]3CCC(=O)NC3=O)cc2)CC1)c1ccc(NC(=O)C2(Oc3ccccc3)CCN(c3cnnc(-c4ccccc4O)c3)CC2)cc1. The van der Waals surface area contributed by atoms with Gasteiger partial charge >= 0.3 is 0 Å². The fourth-order valence-corrected chi connectivity index (χ4v) is 8.11. The predicted octanol–water partition coefficient (Wildman–Crippen LogP) is 5.21. The molecule has 14 heteroatoms. The maximum atomic E-state index is 14.2. The van der Waals surface area contributed by atoms with E-state index in [2.05, 4.69) is 35.5 Å². The van der Waals surface area contributed by atoms with Gasteiger partial charge in [-0.15, -0.1) is 0 Å². The first kappa shape index (κ1) is 40.0. The molecule has 3 N–H and O–H groups in total. The Morgan fingerprint density at radius 2 is 1.53 bits per heavy atom. The van der Waals surface area contributed by atoms with Gasteiger partial charge in [0.2, 0.25) is 17.7 Å². The number of hydrogen-bond donors (Lipinski definition) is 3. The molecule has 4 amide bonds. The second-order valence-electron chi connectivity index (χ2n) is 15.5. The number of carbonyl (C=O) groups excluding carboxylic acids is 4. The van der Waals surface area contributed by atoms with Crippen LogP contribution in [0.15, 0.2) is 115 Å². The topological polar surface area (TPSA) is 161 Å². The fourth-order valence-electron chi connectivity index (χ4n) is 8.11. The summed E-state index contributed by atoms with van der Waals surface area (Å²) in [5.41, 5.74) is 4.12. The van der Waals surface area contributed by atoms with E-state index in [4.69, 9.17) is 4.74 Å². The molecule has 308 valence electrons. The molecule has 1 atom stereocenters. The molecular formula is C46H48N8O6. The molecule has 3 aliphatic rings. The van der Waals surface area contributed by atoms with Crippen LogP contribution in [-0.4, -0.2) is 102 Å². The van der Waals surface area contributed by atoms with Gasteiger partial charge in [-0.25, -0.2) is 0 Å². The number of phenols is 1. The lowest BCUT2D eigenvalue weighted by molar-refractivity contribution is -0.134. The van der Waals surface area contributed by atoms with Gasteiger partial charge in [-0.2, -0.15) is 10.2 Å². The lowest BCUT2D eigenvalue weighted by Gasteiger charge is -2.41. The van der Waals surface area contributed by atoms with E-state index < -0.39 is 5.60 Å². The van der Waals surface area contributed by atoms with E-state index in [9.17, 15) is 24.3 Å². The van der Waals surface area contributed by atoms with Crippen molar-refractivity contribution in [2.75, 3.05) is 72.9 Å². The number of nitrogens with one attached hydrogen (secondary N) is 2. The first-order valence-electron chi connectivity index (χ1n) is 20.3. The van der Waals surface area contributed by atoms with Crippen molar-refractivity contribution < 1.29 is 29.0 Å². The summed E-state index contributed by atoms with van der Waals surface area (Å²) in [5, 5.41) is 24.3. The molecule has 4 aromatic carbocycles. The third-order valence-electron chi connectivity index (χ3n) is 11.7. The van der Waals surface area contributed by atoms with Crippen molar-refractivity contribution in [3.63, 3.8) is 0 Å². The molecule has 0 aliphatic carbocycles. The summed E-state index contributed by atoms with van der Waals surface area (Å²) in [4.78, 5) is 59.7. The molecule has 5 aromatic rings. The van der Waals surface area contributed by atoms with Gasteiger partial charge in [0.05, 0.1) is 30.0 Å². The van der Waals surface area contributed by atoms with Crippen LogP contribution in [0.5, 0.6) is 11.5 Å². The van der Waals surface area contributed by atoms with Gasteiger partial charge in [0.1, 0.15) is 11.5 Å². The number of imide groups is 1. The van der Waals surface area contributed by atoms with Crippen molar-refractivity contribution in [3.8, 4) is 22.8 Å². The first-order chi connectivity index (χ1) is 29.1. The van der Waals surface area contributed by atoms with Crippen LogP contribution in [0, 0.1) is 0 Å². The van der Waals surface area contributed by atoms with E-state index >= 15 is 0 Å². The summed E-state index contributed by atoms with van der Waals surface area (Å²) in [6, 6.07) is 33.5. The Labute approximate surface area is 348 Å². The predicted molar refractivity (Wildman–Crippen MR) is 229 cm³/mol. The number of likely N-dealkylation sites (N-methyl/N-ethyl adjacent to an activating group) is 1. The maximum absolute atomic E-state index is 14.2. The highest BCUT2D eigenvalue weighted by Crippen LogP contribution is 2.35. The van der Waals surface area contributed by atoms with Crippen LogP contribution >= 0.6 is 0 Å². The number of carbonyl (C=O) groups is 4. The molecule has 60 heavy (non-hydrogen) atoms. The van der Waals surface area contributed by atoms with E-state index in [-0.39, 0.29) is 41.8 Å². The van der Waals surface area contributed by atoms with Gasteiger partial charge in [-0.3, -0.25) is 29.4 Å². The highest BCUT2D eigenvalue weighted by atomic mass is 16.5. The Hall–Kier alpha value is -6.80. The number of anilines is 4. The van der Waals surface area contributed by atoms with Crippen LogP contribution in [0.25, 0.3) is 11.3 Å². The first-order valence-corrected chi connectivity index (χ1v) is 20.3. The zero-order valence-corrected chi connectivity index (χ0v) is 33.5. The Bertz CT molecular complexity index is 2330. The zero-order chi connectivity index (χ0) is 41.6. The number of aromatic nitrogens is 2. The van der Waals surface area contributed by atoms with Crippen LogP contribution < -0.4 is 30.1 Å². The van der Waals surface area contributed by atoms with E-state index in [1.165, 1.54) is 0 Å². The Kier molecular flexibility index (Phi) is 11.7. The van der Waals surface area contributed by atoms with Crippen molar-refractivity contribution in [2.45, 2.75) is 37.2 Å². The summed E-state index contributed by atoms with van der Waals surface area (Å²) >= 11 is 0. The van der Waals surface area contributed by atoms with E-state index in [0.717, 1.165) is 43.1 Å². The number of ether oxygens (including phenoxy) is 1. The van der Waals surface area contributed by atoms with Crippen molar-refractivity contribution in [2.24, 2.45) is 0 Å². The average Bonchev–Trinajstić information content (AvgIpc) is 3.27. The molecule has 0 saturated carbocycles. The van der Waals surface area contributed by atoms with Crippen molar-refractivity contribution in [3.05, 3.63) is 121 Å². The number of piperazine rings is 1. The third kappa shape index (κ3) is 8.93. The number of benzene rings is 4. The van der Waals surface area contributed by atoms with E-state index in [0.29, 0.717) is 67.2 Å². The number of piperidine rings is 2. The lowest BCUT2D eigenvalue weighted by atomic mass is 9.89. The molecular weight excluding hydrogens is 761 g/mol. The van der Waals surface area contributed by atoms with Crippen molar-refractivity contribution in [1.29, 1.82) is 0 Å². The third-order valence-corrected chi connectivity index (χ3v) is 11.7. The Morgan fingerprint density at radius 1 is 0.850 bits per heavy atom. The monoisotopic (exact) mass is 808 g/mol. The largest absolute Gasteiger partial charge is 0.507 e. The van der Waals surface area contributed by atoms with Gasteiger partial charge in [0.15, 0.2) is 5.60 Å². The molecule has 3 aliphatic heterocycles. The smallest absolute Gasteiger partial charge is 0.268 e. The van der Waals surface area contributed by atoms with Crippen molar-refractivity contribution >= 4 is 46.4 Å². The fraction of sp³-hybridized carbons (Fsp3) is 0.304. The molecule has 8 rings (SSSR count). The number of rotatable bonds is 11. The molecule has 1 aromatic heterocycles. The van der Waals surface area contributed by atoms with Gasteiger partial charge < -0.3 is 29.9 Å². The minimum absolute atomic E-state index is 0.0344. The molecule has 0 bridgehead atoms. The number of para-hydroxylation sites is 2. The molecule has 3 saturated heterocycles. The zero-order valence-electron chi connectivity index (χ0n) is 33.5. The summed E-state index contributed by atoms with van der Waals surface area (Å²) < 4.78 is 6.52. The van der Waals surface area contributed by atoms with Crippen LogP contribution in [0.2, 0.25) is 0 Å². The summed E-state index contributed by atoms with van der Waals surface area (Å²) in [6.07, 6.45) is 3.37. The van der Waals surface area contributed by atoms with Crippen LogP contribution in [0.1, 0.15) is 37.2 Å². The van der Waals surface area contributed by atoms with Gasteiger partial charge in [-0.05, 0) is 78.7 Å². The molecule has 0 spiro atoms. The highest BCUT2D eigenvalue weighted by Gasteiger charge is 2.44. The van der Waals surface area contributed by atoms with Gasteiger partial charge in [0.25, 0.3) is 5.91 Å². The maximum Gasteiger partial charge on any atom is 0.268 e. The Balaban J connectivity index is 0.855. The number of amides is 4. The standard InChI is InChI=1S/C46H48N8O6/c1-51(43(57)31-52-25-27-54(28-26-52)35-15-11-32(12-16-35)38-19-20-42(56)49-44(38)58)34-17-13-33(14-18-34)48-45(59)46(60-37-7-3-2-4-8-37)21-23-53(24-22-46)36-29-40(50-47-30-36)39-9-5-6-10-41(39)55/h2-18,29-30,38,55H,19-28,31H2,1H3,(H,48,59)(H,49,56,58)/t38-/m1/s1. The molecule has 0 unspecified atom stereocenters. The second-order valence-corrected chi connectivity index (χ2v) is 15.5. The molecule has 3 fully saturated rings. The summed E-state index contributed by atoms with van der Waals surface area (Å²) in [6.45, 7) is 4.29. The number of aromatic hydroxyl groups is 1. The van der Waals surface area contributed by atoms with Crippen molar-refractivity contribution in [1.82, 2.24) is 20.4 Å². The minimum Gasteiger partial charge on any atom is -0.507 e. The quantitative estimate of drug-likeness (QED) is 0.150. The van der Waals surface area contributed by atoms with Crippen LogP contribution in [-0.2, 0) is 19.2 Å². The molecule has 4 heterocycles. The number of phenolic OH excluding ortho intramolecular Hbond substituents is 1. The minimum atomic E-state index is -1.15. The van der Waals surface area contributed by atoms with E-state index in [1.807, 2.05) is 78.9 Å². The lowest BCUT2D eigenvalue weighted by Crippen LogP contribution is -2.55. The second kappa shape index (κ2) is 17.6. The average molecular weight is 809 g/mol. The number of hydrogen-bond acceptors (Lipinski definition) is 11. The van der Waals surface area contributed by atoms with E-state index in [1.54, 1.807) is 48.5 Å². The molecule has 14 nitrogen and oxygen atoms in total. The van der Waals surface area contributed by atoms with Gasteiger partial charge in [-0.1, -0.05) is 42.5 Å².